The molecule has 0 N–H and O–H groups in total. The van der Waals surface area contributed by atoms with Crippen molar-refractivity contribution in [3.63, 3.8) is 0 Å². The van der Waals surface area contributed by atoms with Crippen LogP contribution >= 0.6 is 0 Å². The predicted octanol–water partition coefficient (Wildman–Crippen LogP) is 2.92. The van der Waals surface area contributed by atoms with Gasteiger partial charge in [0.15, 0.2) is 5.76 Å². The van der Waals surface area contributed by atoms with Crippen molar-refractivity contribution in [1.29, 1.82) is 0 Å². The Hall–Kier alpha value is -2.63. The number of aryl methyl sites for hydroxylation is 2. The second-order valence-electron chi connectivity index (χ2n) is 6.13. The molecule has 0 radical (unpaired) electrons. The zero-order valence-electron chi connectivity index (χ0n) is 13.2. The number of pyridine rings is 1. The molecule has 6 heteroatoms. The quantitative estimate of drug-likeness (QED) is 0.730. The molecule has 6 nitrogen and oxygen atoms in total. The zero-order valence-corrected chi connectivity index (χ0v) is 13.2. The monoisotopic (exact) mass is 310 g/mol. The first-order chi connectivity index (χ1) is 11.1. The topological polar surface area (TPSA) is 63.6 Å². The van der Waals surface area contributed by atoms with Crippen LogP contribution in [-0.4, -0.2) is 31.9 Å². The van der Waals surface area contributed by atoms with Crippen molar-refractivity contribution in [3.8, 4) is 0 Å². The number of hydrogen-bond acceptors (Lipinski definition) is 4. The number of aromatic nitrogens is 3. The van der Waals surface area contributed by atoms with Gasteiger partial charge in [0, 0.05) is 25.0 Å². The van der Waals surface area contributed by atoms with E-state index in [1.807, 2.05) is 47.5 Å². The van der Waals surface area contributed by atoms with E-state index >= 15 is 0 Å². The summed E-state index contributed by atoms with van der Waals surface area (Å²) in [6, 6.07) is 5.78. The van der Waals surface area contributed by atoms with Crippen molar-refractivity contribution < 1.29 is 9.32 Å². The number of likely N-dealkylation sites (tertiary alicyclic amines) is 1. The second-order valence-corrected chi connectivity index (χ2v) is 6.13. The number of amides is 1. The van der Waals surface area contributed by atoms with Crippen LogP contribution in [0.4, 0.5) is 0 Å². The average molecular weight is 310 g/mol. The van der Waals surface area contributed by atoms with Gasteiger partial charge in [-0.15, -0.1) is 0 Å². The van der Waals surface area contributed by atoms with E-state index in [1.165, 1.54) is 0 Å². The number of imidazole rings is 1. The fraction of sp³-hybridized carbons (Fsp3) is 0.353. The molecule has 0 spiro atoms. The van der Waals surface area contributed by atoms with Crippen LogP contribution in [0.5, 0.6) is 0 Å². The molecule has 1 atom stereocenters. The molecule has 1 fully saturated rings. The van der Waals surface area contributed by atoms with Crippen LogP contribution in [0.2, 0.25) is 0 Å². The number of hydrogen-bond donors (Lipinski definition) is 0. The Kier molecular flexibility index (Phi) is 3.18. The average Bonchev–Trinajstić information content (AvgIpc) is 3.23. The smallest absolute Gasteiger partial charge is 0.274 e. The first-order valence-electron chi connectivity index (χ1n) is 7.81. The molecule has 1 aliphatic rings. The Morgan fingerprint density at radius 3 is 2.96 bits per heavy atom. The standard InChI is InChI=1S/C17H18N4O2/c1-11-5-6-16-18-13(10-20(16)9-11)17(22)21-7-3-4-14(21)15-8-12(2)19-23-15/h5-6,8-10,14H,3-4,7H2,1-2H3/t14-/m0/s1. The van der Waals surface area contributed by atoms with Gasteiger partial charge in [0.25, 0.3) is 5.91 Å². The van der Waals surface area contributed by atoms with Gasteiger partial charge in [0.05, 0.1) is 11.7 Å². The number of carbonyl (C=O) groups excluding carboxylic acids is 1. The molecule has 0 unspecified atom stereocenters. The molecular weight excluding hydrogens is 292 g/mol. The number of fused-ring (bicyclic) bond motifs is 1. The molecule has 1 aliphatic heterocycles. The Morgan fingerprint density at radius 2 is 2.17 bits per heavy atom. The minimum atomic E-state index is -0.0529. The molecule has 4 rings (SSSR count). The van der Waals surface area contributed by atoms with Crippen LogP contribution < -0.4 is 0 Å². The van der Waals surface area contributed by atoms with Gasteiger partial charge in [-0.2, -0.15) is 0 Å². The lowest BCUT2D eigenvalue weighted by atomic mass is 10.1. The number of rotatable bonds is 2. The lowest BCUT2D eigenvalue weighted by Crippen LogP contribution is -2.30. The normalized spacial score (nSPS) is 18.0. The SMILES string of the molecule is Cc1ccc2nc(C(=O)N3CCC[C@H]3c3cc(C)no3)cn2c1. The van der Waals surface area contributed by atoms with Crippen molar-refractivity contribution in [2.75, 3.05) is 6.54 Å². The molecule has 1 saturated heterocycles. The maximum atomic E-state index is 12.9. The molecule has 1 amide bonds. The molecule has 0 aromatic carbocycles. The van der Waals surface area contributed by atoms with Crippen LogP contribution in [0.25, 0.3) is 5.65 Å². The summed E-state index contributed by atoms with van der Waals surface area (Å²) in [5.41, 5.74) is 3.22. The maximum absolute atomic E-state index is 12.9. The summed E-state index contributed by atoms with van der Waals surface area (Å²) in [7, 11) is 0. The molecule has 3 aromatic rings. The fourth-order valence-corrected chi connectivity index (χ4v) is 3.20. The number of carbonyl (C=O) groups is 1. The van der Waals surface area contributed by atoms with Crippen LogP contribution in [0, 0.1) is 13.8 Å². The van der Waals surface area contributed by atoms with Crippen molar-refractivity contribution in [2.24, 2.45) is 0 Å². The predicted molar refractivity (Wildman–Crippen MR) is 84.2 cm³/mol. The molecule has 0 bridgehead atoms. The van der Waals surface area contributed by atoms with Gasteiger partial charge < -0.3 is 13.8 Å². The third kappa shape index (κ3) is 2.40. The molecule has 23 heavy (non-hydrogen) atoms. The Morgan fingerprint density at radius 1 is 1.30 bits per heavy atom. The largest absolute Gasteiger partial charge is 0.359 e. The summed E-state index contributed by atoms with van der Waals surface area (Å²) in [5.74, 6) is 0.705. The first kappa shape index (κ1) is 14.0. The Balaban J connectivity index is 1.66. The summed E-state index contributed by atoms with van der Waals surface area (Å²) in [6.45, 7) is 4.62. The lowest BCUT2D eigenvalue weighted by Gasteiger charge is -2.21. The van der Waals surface area contributed by atoms with Gasteiger partial charge in [-0.25, -0.2) is 4.98 Å². The van der Waals surface area contributed by atoms with Crippen molar-refractivity contribution >= 4 is 11.6 Å². The first-order valence-corrected chi connectivity index (χ1v) is 7.81. The van der Waals surface area contributed by atoms with E-state index in [2.05, 4.69) is 10.1 Å². The van der Waals surface area contributed by atoms with E-state index in [4.69, 9.17) is 4.52 Å². The summed E-state index contributed by atoms with van der Waals surface area (Å²) in [5, 5.41) is 3.94. The van der Waals surface area contributed by atoms with Crippen molar-refractivity contribution in [3.05, 3.63) is 53.3 Å². The molecule has 118 valence electrons. The summed E-state index contributed by atoms with van der Waals surface area (Å²) in [6.07, 6.45) is 5.63. The van der Waals surface area contributed by atoms with Gasteiger partial charge in [0.1, 0.15) is 11.3 Å². The molecule has 0 saturated carbocycles. The van der Waals surface area contributed by atoms with Crippen molar-refractivity contribution in [1.82, 2.24) is 19.4 Å². The lowest BCUT2D eigenvalue weighted by molar-refractivity contribution is 0.0709. The molecule has 3 aromatic heterocycles. The molecule has 4 heterocycles. The van der Waals surface area contributed by atoms with Crippen molar-refractivity contribution in [2.45, 2.75) is 32.7 Å². The Labute approximate surface area is 133 Å². The summed E-state index contributed by atoms with van der Waals surface area (Å²) < 4.78 is 7.26. The fourth-order valence-electron chi connectivity index (χ4n) is 3.20. The third-order valence-electron chi connectivity index (χ3n) is 4.31. The van der Waals surface area contributed by atoms with Gasteiger partial charge in [-0.3, -0.25) is 4.79 Å². The zero-order chi connectivity index (χ0) is 16.0. The van der Waals surface area contributed by atoms with E-state index in [0.29, 0.717) is 5.69 Å². The second kappa shape index (κ2) is 5.22. The van der Waals surface area contributed by atoms with Crippen LogP contribution in [0.3, 0.4) is 0 Å². The van der Waals surface area contributed by atoms with Gasteiger partial charge in [0.2, 0.25) is 0 Å². The summed E-state index contributed by atoms with van der Waals surface area (Å²) >= 11 is 0. The van der Waals surface area contributed by atoms with E-state index in [-0.39, 0.29) is 11.9 Å². The highest BCUT2D eigenvalue weighted by atomic mass is 16.5. The Bertz CT molecular complexity index is 880. The minimum absolute atomic E-state index is 0.0461. The van der Waals surface area contributed by atoms with Gasteiger partial charge in [-0.1, -0.05) is 11.2 Å². The highest BCUT2D eigenvalue weighted by Gasteiger charge is 2.34. The summed E-state index contributed by atoms with van der Waals surface area (Å²) in [4.78, 5) is 19.2. The van der Waals surface area contributed by atoms with E-state index in [9.17, 15) is 4.79 Å². The molecule has 0 aliphatic carbocycles. The maximum Gasteiger partial charge on any atom is 0.274 e. The number of nitrogens with zero attached hydrogens (tertiary/aromatic N) is 4. The van der Waals surface area contributed by atoms with E-state index in [1.54, 1.807) is 6.20 Å². The van der Waals surface area contributed by atoms with Gasteiger partial charge >= 0.3 is 0 Å². The minimum Gasteiger partial charge on any atom is -0.359 e. The van der Waals surface area contributed by atoms with Crippen LogP contribution in [0.1, 0.15) is 46.4 Å². The molecular formula is C17H18N4O2. The third-order valence-corrected chi connectivity index (χ3v) is 4.31. The highest BCUT2D eigenvalue weighted by Crippen LogP contribution is 2.33. The highest BCUT2D eigenvalue weighted by molar-refractivity contribution is 5.93. The van der Waals surface area contributed by atoms with E-state index < -0.39 is 0 Å². The van der Waals surface area contributed by atoms with E-state index in [0.717, 1.165) is 42.1 Å². The van der Waals surface area contributed by atoms with Crippen LogP contribution in [0.15, 0.2) is 35.1 Å². The van der Waals surface area contributed by atoms with Gasteiger partial charge in [-0.05, 0) is 38.3 Å². The van der Waals surface area contributed by atoms with Crippen LogP contribution in [-0.2, 0) is 0 Å².